The van der Waals surface area contributed by atoms with Gasteiger partial charge in [0.05, 0.1) is 26.4 Å². The Kier molecular flexibility index (Phi) is 80.3. The summed E-state index contributed by atoms with van der Waals surface area (Å²) in [6.45, 7) is 14.6. The molecule has 0 saturated carbocycles. The second kappa shape index (κ2) is 67.0. The van der Waals surface area contributed by atoms with Crippen LogP contribution in [-0.2, 0) is 9.47 Å². The van der Waals surface area contributed by atoms with Crippen LogP contribution in [0.15, 0.2) is 0 Å². The zero-order valence-corrected chi connectivity index (χ0v) is 32.1. The normalized spacial score (nSPS) is 10.0. The molecule has 5 N–H and O–H groups in total. The van der Waals surface area contributed by atoms with E-state index in [2.05, 4.69) is 27.7 Å². The molecule has 7 heteroatoms. The molecule has 0 aromatic carbocycles. The van der Waals surface area contributed by atoms with Crippen LogP contribution in [0.1, 0.15) is 195 Å². The molecular formula is C39H88O7. The number of ether oxygens (including phenoxy) is 2. The second-order valence-corrected chi connectivity index (χ2v) is 11.9. The molecule has 0 radical (unpaired) electrons. The molecular weight excluding hydrogens is 580 g/mol. The first-order valence-corrected chi connectivity index (χ1v) is 19.8. The van der Waals surface area contributed by atoms with Crippen molar-refractivity contribution in [1.82, 2.24) is 0 Å². The average Bonchev–Trinajstić information content (AvgIpc) is 3.08. The van der Waals surface area contributed by atoms with Crippen molar-refractivity contribution in [3.05, 3.63) is 0 Å². The van der Waals surface area contributed by atoms with Crippen molar-refractivity contribution in [2.24, 2.45) is 0 Å². The Morgan fingerprint density at radius 3 is 0.717 bits per heavy atom. The van der Waals surface area contributed by atoms with Crippen LogP contribution in [0.25, 0.3) is 0 Å². The average molecular weight is 669 g/mol. The van der Waals surface area contributed by atoms with Gasteiger partial charge < -0.3 is 35.0 Å². The molecule has 0 saturated heterocycles. The first-order chi connectivity index (χ1) is 22.6. The maximum Gasteiger partial charge on any atom is 0.0701 e. The Balaban J connectivity index is -0.000000159. The molecule has 46 heavy (non-hydrogen) atoms. The van der Waals surface area contributed by atoms with Crippen molar-refractivity contribution in [2.45, 2.75) is 195 Å². The van der Waals surface area contributed by atoms with Crippen LogP contribution in [0.2, 0.25) is 0 Å². The first kappa shape index (κ1) is 55.1. The van der Waals surface area contributed by atoms with Crippen molar-refractivity contribution >= 4 is 0 Å². The summed E-state index contributed by atoms with van der Waals surface area (Å²) in [4.78, 5) is 0. The summed E-state index contributed by atoms with van der Waals surface area (Å²) in [5.74, 6) is 0. The molecule has 7 nitrogen and oxygen atoms in total. The van der Waals surface area contributed by atoms with Gasteiger partial charge in [-0.15, -0.1) is 0 Å². The van der Waals surface area contributed by atoms with Gasteiger partial charge in [-0.3, -0.25) is 0 Å². The Morgan fingerprint density at radius 2 is 0.500 bits per heavy atom. The topological polar surface area (TPSA) is 120 Å². The molecule has 0 rings (SSSR count). The molecule has 0 fully saturated rings. The highest BCUT2D eigenvalue weighted by Gasteiger charge is 1.92. The fourth-order valence-electron chi connectivity index (χ4n) is 4.09. The van der Waals surface area contributed by atoms with Gasteiger partial charge >= 0.3 is 0 Å². The van der Waals surface area contributed by atoms with E-state index in [1.54, 1.807) is 0 Å². The molecule has 0 aromatic rings. The predicted octanol–water partition coefficient (Wildman–Crippen LogP) is 9.78. The second-order valence-electron chi connectivity index (χ2n) is 11.9. The minimum absolute atomic E-state index is 0.0910. The molecule has 0 spiro atoms. The highest BCUT2D eigenvalue weighted by Crippen LogP contribution is 2.11. The Hall–Kier alpha value is -0.280. The van der Waals surface area contributed by atoms with Crippen LogP contribution >= 0.6 is 0 Å². The molecule has 0 unspecified atom stereocenters. The van der Waals surface area contributed by atoms with Crippen molar-refractivity contribution in [3.8, 4) is 0 Å². The van der Waals surface area contributed by atoms with Crippen LogP contribution in [0, 0.1) is 0 Å². The maximum atomic E-state index is 8.59. The quantitative estimate of drug-likeness (QED) is 0.0467. The molecule has 0 amide bonds. The van der Waals surface area contributed by atoms with Gasteiger partial charge in [0.1, 0.15) is 0 Å². The molecule has 0 aliphatic carbocycles. The van der Waals surface area contributed by atoms with E-state index in [-0.39, 0.29) is 6.61 Å². The van der Waals surface area contributed by atoms with Gasteiger partial charge in [-0.1, -0.05) is 163 Å². The predicted molar refractivity (Wildman–Crippen MR) is 201 cm³/mol. The third kappa shape index (κ3) is 84.5. The molecule has 0 aliphatic rings. The SMILES string of the molecule is CCCCCCCCCCCCCO.CCCCCCCCCO.CCCCCCCO.CCCO.CCCOCCOCCO. The van der Waals surface area contributed by atoms with Crippen LogP contribution in [0.5, 0.6) is 0 Å². The monoisotopic (exact) mass is 669 g/mol. The highest BCUT2D eigenvalue weighted by molar-refractivity contribution is 4.47. The van der Waals surface area contributed by atoms with E-state index >= 15 is 0 Å². The van der Waals surface area contributed by atoms with Crippen LogP contribution in [0.4, 0.5) is 0 Å². The molecule has 0 aromatic heterocycles. The lowest BCUT2D eigenvalue weighted by Crippen LogP contribution is -2.07. The van der Waals surface area contributed by atoms with Gasteiger partial charge in [0, 0.05) is 33.0 Å². The van der Waals surface area contributed by atoms with E-state index in [4.69, 9.17) is 35.0 Å². The van der Waals surface area contributed by atoms with Gasteiger partial charge in [-0.05, 0) is 32.1 Å². The summed E-state index contributed by atoms with van der Waals surface area (Å²) >= 11 is 0. The third-order valence-electron chi connectivity index (χ3n) is 6.96. The smallest absolute Gasteiger partial charge is 0.0701 e. The molecule has 0 aliphatic heterocycles. The zero-order chi connectivity index (χ0) is 35.5. The zero-order valence-electron chi connectivity index (χ0n) is 32.1. The minimum atomic E-state index is 0.0910. The number of aliphatic hydroxyl groups excluding tert-OH is 5. The van der Waals surface area contributed by atoms with E-state index in [0.29, 0.717) is 46.2 Å². The van der Waals surface area contributed by atoms with Crippen molar-refractivity contribution in [2.75, 3.05) is 59.5 Å². The summed E-state index contributed by atoms with van der Waals surface area (Å²) in [5, 5.41) is 41.6. The highest BCUT2D eigenvalue weighted by atomic mass is 16.5. The minimum Gasteiger partial charge on any atom is -0.396 e. The van der Waals surface area contributed by atoms with Crippen LogP contribution in [-0.4, -0.2) is 85.0 Å². The van der Waals surface area contributed by atoms with Gasteiger partial charge in [-0.25, -0.2) is 0 Å². The van der Waals surface area contributed by atoms with Crippen molar-refractivity contribution in [1.29, 1.82) is 0 Å². The number of aliphatic hydroxyl groups is 5. The van der Waals surface area contributed by atoms with Gasteiger partial charge in [-0.2, -0.15) is 0 Å². The van der Waals surface area contributed by atoms with Crippen LogP contribution in [0.3, 0.4) is 0 Å². The van der Waals surface area contributed by atoms with E-state index in [0.717, 1.165) is 38.7 Å². The summed E-state index contributed by atoms with van der Waals surface area (Å²) < 4.78 is 10.1. The number of unbranched alkanes of at least 4 members (excludes halogenated alkanes) is 20. The van der Waals surface area contributed by atoms with E-state index < -0.39 is 0 Å². The molecule has 0 bridgehead atoms. The molecule has 286 valence electrons. The summed E-state index contributed by atoms with van der Waals surface area (Å²) in [5.41, 5.74) is 0. The van der Waals surface area contributed by atoms with Crippen LogP contribution < -0.4 is 0 Å². The number of hydrogen-bond donors (Lipinski definition) is 5. The van der Waals surface area contributed by atoms with E-state index in [9.17, 15) is 0 Å². The molecule has 0 atom stereocenters. The Labute approximate surface area is 289 Å². The number of hydrogen-bond acceptors (Lipinski definition) is 7. The van der Waals surface area contributed by atoms with E-state index in [1.807, 2.05) is 6.92 Å². The first-order valence-electron chi connectivity index (χ1n) is 19.8. The fourth-order valence-corrected chi connectivity index (χ4v) is 4.09. The lowest BCUT2D eigenvalue weighted by molar-refractivity contribution is 0.0333. The summed E-state index contributed by atoms with van der Waals surface area (Å²) in [6.07, 6.45) is 31.7. The largest absolute Gasteiger partial charge is 0.396 e. The fraction of sp³-hybridized carbons (Fsp3) is 1.00. The van der Waals surface area contributed by atoms with Gasteiger partial charge in [0.2, 0.25) is 0 Å². The summed E-state index contributed by atoms with van der Waals surface area (Å²) in [7, 11) is 0. The van der Waals surface area contributed by atoms with E-state index in [1.165, 1.54) is 128 Å². The van der Waals surface area contributed by atoms with Crippen molar-refractivity contribution < 1.29 is 35.0 Å². The molecule has 0 heterocycles. The maximum absolute atomic E-state index is 8.59. The number of rotatable bonds is 31. The van der Waals surface area contributed by atoms with Gasteiger partial charge in [0.25, 0.3) is 0 Å². The summed E-state index contributed by atoms with van der Waals surface area (Å²) in [6, 6.07) is 0. The standard InChI is InChI=1S/C13H28O.C9H20O.C7H16O3.C7H16O.C3H8O/c1-2-3-4-5-6-7-8-9-10-11-12-13-14;1-2-3-4-5-6-7-8-9-10;1-2-4-9-6-7-10-5-3-8;1-2-3-4-5-6-7-8;1-2-3-4/h14H,2-13H2,1H3;10H,2-9H2,1H3;8H,2-7H2,1H3;8H,2-7H2,1H3;4H,2-3H2,1H3. The lowest BCUT2D eigenvalue weighted by Gasteiger charge is -2.02. The third-order valence-corrected chi connectivity index (χ3v) is 6.96. The van der Waals surface area contributed by atoms with Crippen molar-refractivity contribution in [3.63, 3.8) is 0 Å². The lowest BCUT2D eigenvalue weighted by atomic mass is 10.1. The Morgan fingerprint density at radius 1 is 0.239 bits per heavy atom. The van der Waals surface area contributed by atoms with Gasteiger partial charge in [0.15, 0.2) is 0 Å². The Bertz CT molecular complexity index is 349.